The Morgan fingerprint density at radius 2 is 1.95 bits per heavy atom. The quantitative estimate of drug-likeness (QED) is 0.856. The normalized spacial score (nSPS) is 11.6. The summed E-state index contributed by atoms with van der Waals surface area (Å²) in [7, 11) is -3.47. The first kappa shape index (κ1) is 13.9. The van der Waals surface area contributed by atoms with Crippen molar-refractivity contribution in [1.29, 1.82) is 0 Å². The fraction of sp³-hybridized carbons (Fsp3) is 0.273. The van der Waals surface area contributed by atoms with Gasteiger partial charge in [-0.2, -0.15) is 0 Å². The highest BCUT2D eigenvalue weighted by Crippen LogP contribution is 2.12. The van der Waals surface area contributed by atoms with Gasteiger partial charge in [-0.25, -0.2) is 13.1 Å². The minimum atomic E-state index is -3.47. The standard InChI is InChI=1S/C11H14N4O2S2/c1-8-2-4-9(5-3-8)19(16,17)13-7-6-10-14-15-11(12)18-10/h2-5,13H,6-7H2,1H3,(H2,12,15). The summed E-state index contributed by atoms with van der Waals surface area (Å²) in [5, 5.41) is 8.59. The first-order chi connectivity index (χ1) is 8.97. The molecular weight excluding hydrogens is 284 g/mol. The van der Waals surface area contributed by atoms with Gasteiger partial charge in [0.25, 0.3) is 0 Å². The van der Waals surface area contributed by atoms with Gasteiger partial charge < -0.3 is 5.73 Å². The van der Waals surface area contributed by atoms with Crippen LogP contribution in [0.3, 0.4) is 0 Å². The lowest BCUT2D eigenvalue weighted by molar-refractivity contribution is 0.581. The van der Waals surface area contributed by atoms with Gasteiger partial charge in [-0.05, 0) is 19.1 Å². The summed E-state index contributed by atoms with van der Waals surface area (Å²) in [5.41, 5.74) is 6.46. The highest BCUT2D eigenvalue weighted by molar-refractivity contribution is 7.89. The van der Waals surface area contributed by atoms with Crippen LogP contribution in [0.15, 0.2) is 29.2 Å². The van der Waals surface area contributed by atoms with Crippen LogP contribution < -0.4 is 10.5 Å². The Balaban J connectivity index is 1.96. The van der Waals surface area contributed by atoms with E-state index >= 15 is 0 Å². The van der Waals surface area contributed by atoms with Gasteiger partial charge in [-0.3, -0.25) is 0 Å². The Hall–Kier alpha value is -1.51. The second-order valence-electron chi connectivity index (χ2n) is 3.99. The number of nitrogens with one attached hydrogen (secondary N) is 1. The van der Waals surface area contributed by atoms with Crippen LogP contribution in [0, 0.1) is 6.92 Å². The Bertz CT molecular complexity index is 650. The van der Waals surface area contributed by atoms with Gasteiger partial charge in [0, 0.05) is 13.0 Å². The zero-order valence-corrected chi connectivity index (χ0v) is 12.0. The van der Waals surface area contributed by atoms with Crippen LogP contribution >= 0.6 is 11.3 Å². The maximum Gasteiger partial charge on any atom is 0.240 e. The lowest BCUT2D eigenvalue weighted by atomic mass is 10.2. The van der Waals surface area contributed by atoms with Crippen molar-refractivity contribution in [2.24, 2.45) is 0 Å². The molecule has 1 aromatic carbocycles. The van der Waals surface area contributed by atoms with Gasteiger partial charge in [0.15, 0.2) is 0 Å². The van der Waals surface area contributed by atoms with Gasteiger partial charge in [0.05, 0.1) is 4.90 Å². The predicted octanol–water partition coefficient (Wildman–Crippen LogP) is 0.950. The summed E-state index contributed by atoms with van der Waals surface area (Å²) in [5.74, 6) is 0. The molecule has 0 atom stereocenters. The van der Waals surface area contributed by atoms with Gasteiger partial charge in [-0.1, -0.05) is 29.0 Å². The third-order valence-electron chi connectivity index (χ3n) is 2.44. The van der Waals surface area contributed by atoms with Crippen molar-refractivity contribution in [1.82, 2.24) is 14.9 Å². The van der Waals surface area contributed by atoms with Crippen molar-refractivity contribution in [2.45, 2.75) is 18.2 Å². The highest BCUT2D eigenvalue weighted by Gasteiger charge is 2.13. The number of nitrogens with zero attached hydrogens (tertiary/aromatic N) is 2. The van der Waals surface area contributed by atoms with Crippen LogP contribution in [0.5, 0.6) is 0 Å². The van der Waals surface area contributed by atoms with E-state index in [2.05, 4.69) is 14.9 Å². The first-order valence-corrected chi connectivity index (χ1v) is 7.91. The molecule has 3 N–H and O–H groups in total. The molecule has 6 nitrogen and oxygen atoms in total. The van der Waals surface area contributed by atoms with Crippen molar-refractivity contribution >= 4 is 26.5 Å². The van der Waals surface area contributed by atoms with E-state index in [1.54, 1.807) is 24.3 Å². The van der Waals surface area contributed by atoms with Crippen molar-refractivity contribution < 1.29 is 8.42 Å². The van der Waals surface area contributed by atoms with Crippen LogP contribution in [-0.2, 0) is 16.4 Å². The Morgan fingerprint density at radius 3 is 2.53 bits per heavy atom. The average molecular weight is 298 g/mol. The third-order valence-corrected chi connectivity index (χ3v) is 4.73. The summed E-state index contributed by atoms with van der Waals surface area (Å²) in [4.78, 5) is 0.259. The molecule has 0 bridgehead atoms. The molecule has 0 spiro atoms. The largest absolute Gasteiger partial charge is 0.374 e. The summed E-state index contributed by atoms with van der Waals surface area (Å²) >= 11 is 1.26. The van der Waals surface area contributed by atoms with E-state index in [9.17, 15) is 8.42 Å². The maximum atomic E-state index is 12.0. The highest BCUT2D eigenvalue weighted by atomic mass is 32.2. The molecule has 0 aliphatic heterocycles. The Morgan fingerprint density at radius 1 is 1.26 bits per heavy atom. The second-order valence-corrected chi connectivity index (χ2v) is 6.86. The number of aromatic nitrogens is 2. The van der Waals surface area contributed by atoms with Crippen LogP contribution in [0.2, 0.25) is 0 Å². The Kier molecular flexibility index (Phi) is 4.13. The van der Waals surface area contributed by atoms with Gasteiger partial charge >= 0.3 is 0 Å². The third kappa shape index (κ3) is 3.72. The van der Waals surface area contributed by atoms with Crippen molar-refractivity contribution in [2.75, 3.05) is 12.3 Å². The maximum absolute atomic E-state index is 12.0. The first-order valence-electron chi connectivity index (χ1n) is 5.61. The van der Waals surface area contributed by atoms with Crippen molar-refractivity contribution in [3.05, 3.63) is 34.8 Å². The molecule has 1 heterocycles. The van der Waals surface area contributed by atoms with Crippen LogP contribution in [0.1, 0.15) is 10.6 Å². The SMILES string of the molecule is Cc1ccc(S(=O)(=O)NCCc2nnc(N)s2)cc1. The molecule has 0 unspecified atom stereocenters. The molecular formula is C11H14N4O2S2. The van der Waals surface area contributed by atoms with E-state index in [1.165, 1.54) is 11.3 Å². The van der Waals surface area contributed by atoms with E-state index in [0.29, 0.717) is 16.6 Å². The molecule has 19 heavy (non-hydrogen) atoms. The minimum Gasteiger partial charge on any atom is -0.374 e. The van der Waals surface area contributed by atoms with E-state index in [4.69, 9.17) is 5.73 Å². The van der Waals surface area contributed by atoms with Crippen molar-refractivity contribution in [3.63, 3.8) is 0 Å². The number of nitrogens with two attached hydrogens (primary N) is 1. The number of aryl methyl sites for hydroxylation is 1. The number of sulfonamides is 1. The molecule has 0 aliphatic rings. The summed E-state index contributed by atoms with van der Waals surface area (Å²) in [6, 6.07) is 6.70. The number of hydrogen-bond donors (Lipinski definition) is 2. The van der Waals surface area contributed by atoms with Gasteiger partial charge in [0.2, 0.25) is 15.2 Å². The van der Waals surface area contributed by atoms with Gasteiger partial charge in [0.1, 0.15) is 5.01 Å². The zero-order chi connectivity index (χ0) is 13.9. The Labute approximate surface area is 115 Å². The smallest absolute Gasteiger partial charge is 0.240 e. The number of anilines is 1. The minimum absolute atomic E-state index is 0.259. The molecule has 102 valence electrons. The van der Waals surface area contributed by atoms with E-state index in [-0.39, 0.29) is 11.4 Å². The van der Waals surface area contributed by atoms with Crippen LogP contribution in [0.4, 0.5) is 5.13 Å². The number of benzene rings is 1. The molecule has 0 fully saturated rings. The molecule has 0 radical (unpaired) electrons. The molecule has 1 aromatic heterocycles. The monoisotopic (exact) mass is 298 g/mol. The molecule has 8 heteroatoms. The van der Waals surface area contributed by atoms with Crippen LogP contribution in [-0.4, -0.2) is 25.2 Å². The van der Waals surface area contributed by atoms with Crippen molar-refractivity contribution in [3.8, 4) is 0 Å². The van der Waals surface area contributed by atoms with E-state index in [1.807, 2.05) is 6.92 Å². The molecule has 0 saturated heterocycles. The zero-order valence-electron chi connectivity index (χ0n) is 10.3. The fourth-order valence-corrected chi connectivity index (χ4v) is 3.10. The summed E-state index contributed by atoms with van der Waals surface area (Å²) in [6.07, 6.45) is 0.472. The molecule has 2 rings (SSSR count). The fourth-order valence-electron chi connectivity index (χ4n) is 1.46. The molecule has 2 aromatic rings. The topological polar surface area (TPSA) is 98.0 Å². The number of nitrogen functional groups attached to an aromatic ring is 1. The summed E-state index contributed by atoms with van der Waals surface area (Å²) in [6.45, 7) is 2.18. The van der Waals surface area contributed by atoms with E-state index < -0.39 is 10.0 Å². The van der Waals surface area contributed by atoms with Gasteiger partial charge in [-0.15, -0.1) is 10.2 Å². The lowest BCUT2D eigenvalue weighted by Gasteiger charge is -2.05. The molecule has 0 aliphatic carbocycles. The average Bonchev–Trinajstić information content (AvgIpc) is 2.75. The predicted molar refractivity (Wildman–Crippen MR) is 74.4 cm³/mol. The second kappa shape index (κ2) is 5.64. The lowest BCUT2D eigenvalue weighted by Crippen LogP contribution is -2.25. The van der Waals surface area contributed by atoms with E-state index in [0.717, 1.165) is 5.56 Å². The van der Waals surface area contributed by atoms with Crippen LogP contribution in [0.25, 0.3) is 0 Å². The number of rotatable bonds is 5. The number of hydrogen-bond acceptors (Lipinski definition) is 6. The molecule has 0 saturated carbocycles. The molecule has 0 amide bonds. The summed E-state index contributed by atoms with van der Waals surface area (Å²) < 4.78 is 26.5.